The number of amides is 1. The summed E-state index contributed by atoms with van der Waals surface area (Å²) in [4.78, 5) is 33.5. The van der Waals surface area contributed by atoms with Crippen LogP contribution in [0.4, 0.5) is 11.5 Å². The molecule has 1 amide bonds. The highest BCUT2D eigenvalue weighted by Crippen LogP contribution is 2.21. The van der Waals surface area contributed by atoms with E-state index in [4.69, 9.17) is 5.73 Å². The van der Waals surface area contributed by atoms with Crippen molar-refractivity contribution in [2.24, 2.45) is 0 Å². The molecule has 9 heteroatoms. The maximum atomic E-state index is 12.9. The number of fused-ring (bicyclic) bond motifs is 1. The molecular weight excluding hydrogens is 332 g/mol. The molecule has 1 fully saturated rings. The minimum atomic E-state index is -0.401. The zero-order valence-corrected chi connectivity index (χ0v) is 14.5. The van der Waals surface area contributed by atoms with E-state index in [0.29, 0.717) is 30.1 Å². The van der Waals surface area contributed by atoms with Gasteiger partial charge in [0.15, 0.2) is 11.5 Å². The van der Waals surface area contributed by atoms with Gasteiger partial charge in [0, 0.05) is 44.3 Å². The Kier molecular flexibility index (Phi) is 4.11. The number of pyridine rings is 1. The van der Waals surface area contributed by atoms with Crippen LogP contribution in [0.2, 0.25) is 0 Å². The molecule has 0 spiro atoms. The average molecular weight is 352 g/mol. The van der Waals surface area contributed by atoms with Gasteiger partial charge in [0.2, 0.25) is 5.91 Å². The van der Waals surface area contributed by atoms with Crippen LogP contribution < -0.4 is 10.6 Å². The number of nitrogens with two attached hydrogens (primary N) is 1. The predicted octanol–water partition coefficient (Wildman–Crippen LogP) is 0.713. The smallest absolute Gasteiger partial charge is 0.245 e. The number of nitrogen functional groups attached to an aromatic ring is 1. The summed E-state index contributed by atoms with van der Waals surface area (Å²) in [6, 6.07) is 3.57. The summed E-state index contributed by atoms with van der Waals surface area (Å²) in [7, 11) is 0. The molecule has 1 unspecified atom stereocenters. The maximum Gasteiger partial charge on any atom is 0.245 e. The summed E-state index contributed by atoms with van der Waals surface area (Å²) in [6.45, 7) is 4.80. The van der Waals surface area contributed by atoms with Gasteiger partial charge in [-0.15, -0.1) is 0 Å². The lowest BCUT2D eigenvalue weighted by molar-refractivity contribution is -0.134. The first-order valence-electron chi connectivity index (χ1n) is 8.52. The molecule has 134 valence electrons. The fraction of sp³-hybridized carbons (Fsp3) is 0.353. The van der Waals surface area contributed by atoms with E-state index >= 15 is 0 Å². The number of anilines is 2. The number of imidazole rings is 1. The monoisotopic (exact) mass is 352 g/mol. The van der Waals surface area contributed by atoms with Crippen molar-refractivity contribution in [3.8, 4) is 0 Å². The molecule has 0 bridgehead atoms. The average Bonchev–Trinajstić information content (AvgIpc) is 3.13. The van der Waals surface area contributed by atoms with E-state index < -0.39 is 6.04 Å². The van der Waals surface area contributed by atoms with Gasteiger partial charge in [0.25, 0.3) is 0 Å². The van der Waals surface area contributed by atoms with Crippen LogP contribution in [0.25, 0.3) is 11.2 Å². The molecule has 1 saturated heterocycles. The summed E-state index contributed by atoms with van der Waals surface area (Å²) in [5.41, 5.74) is 8.06. The molecule has 26 heavy (non-hydrogen) atoms. The van der Waals surface area contributed by atoms with Crippen molar-refractivity contribution in [1.82, 2.24) is 29.4 Å². The van der Waals surface area contributed by atoms with Crippen LogP contribution in [-0.2, 0) is 4.79 Å². The molecule has 4 heterocycles. The number of hydrogen-bond acceptors (Lipinski definition) is 7. The molecule has 2 N–H and O–H groups in total. The second-order valence-corrected chi connectivity index (χ2v) is 6.28. The van der Waals surface area contributed by atoms with Gasteiger partial charge < -0.3 is 20.1 Å². The number of carbonyl (C=O) groups excluding carboxylic acids is 1. The fourth-order valence-corrected chi connectivity index (χ4v) is 3.28. The Bertz CT molecular complexity index is 917. The Labute approximate surface area is 150 Å². The summed E-state index contributed by atoms with van der Waals surface area (Å²) < 4.78 is 1.75. The van der Waals surface area contributed by atoms with Crippen molar-refractivity contribution < 1.29 is 4.79 Å². The fourth-order valence-electron chi connectivity index (χ4n) is 3.28. The van der Waals surface area contributed by atoms with E-state index in [0.717, 1.165) is 18.8 Å². The summed E-state index contributed by atoms with van der Waals surface area (Å²) in [6.07, 6.45) is 6.56. The van der Waals surface area contributed by atoms with Crippen molar-refractivity contribution in [2.45, 2.75) is 13.0 Å². The van der Waals surface area contributed by atoms with Gasteiger partial charge in [-0.25, -0.2) is 15.0 Å². The largest absolute Gasteiger partial charge is 0.382 e. The van der Waals surface area contributed by atoms with Gasteiger partial charge >= 0.3 is 0 Å². The third-order valence-corrected chi connectivity index (χ3v) is 4.78. The number of aromatic nitrogens is 5. The standard InChI is InChI=1S/C17H20N8O/c1-12(25-11-22-14-15(18)20-10-21-16(14)25)17(26)24-8-6-23(7-9-24)13-2-4-19-5-3-13/h2-5,10-12H,6-9H2,1H3,(H2,18,20,21). The molecular formula is C17H20N8O. The summed E-state index contributed by atoms with van der Waals surface area (Å²) >= 11 is 0. The molecule has 3 aromatic heterocycles. The Morgan fingerprint density at radius 1 is 1.12 bits per heavy atom. The Hall–Kier alpha value is -3.23. The van der Waals surface area contributed by atoms with E-state index in [9.17, 15) is 4.79 Å². The second kappa shape index (κ2) is 6.58. The van der Waals surface area contributed by atoms with Crippen LogP contribution in [-0.4, -0.2) is 61.5 Å². The van der Waals surface area contributed by atoms with Gasteiger partial charge in [0.05, 0.1) is 6.33 Å². The van der Waals surface area contributed by atoms with Gasteiger partial charge in [-0.3, -0.25) is 9.78 Å². The minimum absolute atomic E-state index is 0.0517. The molecule has 0 aliphatic carbocycles. The summed E-state index contributed by atoms with van der Waals surface area (Å²) in [5.74, 6) is 0.371. The number of rotatable bonds is 3. The van der Waals surface area contributed by atoms with E-state index in [1.807, 2.05) is 24.0 Å². The van der Waals surface area contributed by atoms with E-state index in [-0.39, 0.29) is 5.91 Å². The first kappa shape index (κ1) is 16.2. The maximum absolute atomic E-state index is 12.9. The van der Waals surface area contributed by atoms with Crippen molar-refractivity contribution in [1.29, 1.82) is 0 Å². The number of carbonyl (C=O) groups is 1. The highest BCUT2D eigenvalue weighted by atomic mass is 16.2. The highest BCUT2D eigenvalue weighted by molar-refractivity contribution is 5.85. The minimum Gasteiger partial charge on any atom is -0.382 e. The third-order valence-electron chi connectivity index (χ3n) is 4.78. The predicted molar refractivity (Wildman–Crippen MR) is 97.5 cm³/mol. The molecule has 3 aromatic rings. The van der Waals surface area contributed by atoms with Crippen LogP contribution in [0.3, 0.4) is 0 Å². The molecule has 1 aliphatic rings. The van der Waals surface area contributed by atoms with Crippen molar-refractivity contribution in [3.05, 3.63) is 37.2 Å². The SMILES string of the molecule is CC(C(=O)N1CCN(c2ccncc2)CC1)n1cnc2c(N)ncnc21. The van der Waals surface area contributed by atoms with Crippen LogP contribution >= 0.6 is 0 Å². The lowest BCUT2D eigenvalue weighted by atomic mass is 10.2. The van der Waals surface area contributed by atoms with Crippen molar-refractivity contribution in [2.75, 3.05) is 36.8 Å². The first-order valence-corrected chi connectivity index (χ1v) is 8.52. The molecule has 9 nitrogen and oxygen atoms in total. The van der Waals surface area contributed by atoms with Crippen LogP contribution in [0.5, 0.6) is 0 Å². The summed E-state index contributed by atoms with van der Waals surface area (Å²) in [5, 5.41) is 0. The zero-order valence-electron chi connectivity index (χ0n) is 14.5. The second-order valence-electron chi connectivity index (χ2n) is 6.28. The van der Waals surface area contributed by atoms with Gasteiger partial charge in [-0.05, 0) is 19.1 Å². The van der Waals surface area contributed by atoms with Crippen LogP contribution in [0.15, 0.2) is 37.2 Å². The number of hydrogen-bond donors (Lipinski definition) is 1. The molecule has 0 aromatic carbocycles. The molecule has 0 radical (unpaired) electrons. The lowest BCUT2D eigenvalue weighted by Crippen LogP contribution is -2.50. The van der Waals surface area contributed by atoms with E-state index in [1.54, 1.807) is 23.3 Å². The highest BCUT2D eigenvalue weighted by Gasteiger charge is 2.27. The topological polar surface area (TPSA) is 106 Å². The lowest BCUT2D eigenvalue weighted by Gasteiger charge is -2.37. The van der Waals surface area contributed by atoms with Gasteiger partial charge in [-0.1, -0.05) is 0 Å². The van der Waals surface area contributed by atoms with Crippen molar-refractivity contribution in [3.63, 3.8) is 0 Å². The molecule has 1 atom stereocenters. The third kappa shape index (κ3) is 2.81. The zero-order chi connectivity index (χ0) is 18.1. The molecule has 0 saturated carbocycles. The first-order chi connectivity index (χ1) is 12.6. The number of piperazine rings is 1. The van der Waals surface area contributed by atoms with E-state index in [2.05, 4.69) is 24.8 Å². The van der Waals surface area contributed by atoms with Gasteiger partial charge in [0.1, 0.15) is 17.9 Å². The molecule has 1 aliphatic heterocycles. The molecule has 4 rings (SSSR count). The Morgan fingerprint density at radius 2 is 1.85 bits per heavy atom. The normalized spacial score (nSPS) is 16.0. The number of nitrogens with zero attached hydrogens (tertiary/aromatic N) is 7. The van der Waals surface area contributed by atoms with Gasteiger partial charge in [-0.2, -0.15) is 0 Å². The van der Waals surface area contributed by atoms with E-state index in [1.165, 1.54) is 6.33 Å². The Morgan fingerprint density at radius 3 is 2.58 bits per heavy atom. The van der Waals surface area contributed by atoms with Crippen LogP contribution in [0.1, 0.15) is 13.0 Å². The van der Waals surface area contributed by atoms with Crippen molar-refractivity contribution >= 4 is 28.6 Å². The Balaban J connectivity index is 1.47. The quantitative estimate of drug-likeness (QED) is 0.740. The van der Waals surface area contributed by atoms with Crippen LogP contribution in [0, 0.1) is 0 Å².